The summed E-state index contributed by atoms with van der Waals surface area (Å²) in [5.41, 5.74) is 1.99. The van der Waals surface area contributed by atoms with Crippen molar-refractivity contribution in [1.82, 2.24) is 0 Å². The molecule has 0 aliphatic heterocycles. The molecule has 4 aromatic rings. The molecule has 0 bridgehead atoms. The topological polar surface area (TPSA) is 38.3 Å². The number of benzene rings is 4. The Labute approximate surface area is 187 Å². The van der Waals surface area contributed by atoms with Crippen molar-refractivity contribution in [2.45, 2.75) is 30.1 Å². The Kier molecular flexibility index (Phi) is 6.90. The fourth-order valence-corrected chi connectivity index (χ4v) is 4.24. The van der Waals surface area contributed by atoms with E-state index in [4.69, 9.17) is 4.74 Å². The van der Waals surface area contributed by atoms with E-state index in [0.717, 1.165) is 28.0 Å². The second-order valence-corrected chi connectivity index (χ2v) is 8.33. The second kappa shape index (κ2) is 10.2. The van der Waals surface area contributed by atoms with Crippen LogP contribution >= 0.6 is 11.8 Å². The van der Waals surface area contributed by atoms with Gasteiger partial charge in [-0.2, -0.15) is 0 Å². The highest BCUT2D eigenvalue weighted by Crippen LogP contribution is 2.27. The molecule has 0 spiro atoms. The Balaban J connectivity index is 1.38. The minimum Gasteiger partial charge on any atom is -0.480 e. The predicted octanol–water partition coefficient (Wildman–Crippen LogP) is 6.93. The predicted molar refractivity (Wildman–Crippen MR) is 130 cm³/mol. The number of carbonyl (C=O) groups excluding carboxylic acids is 1. The minimum atomic E-state index is -0.556. The summed E-state index contributed by atoms with van der Waals surface area (Å²) in [6.07, 6.45) is 0.0278. The number of carbonyl (C=O) groups is 1. The van der Waals surface area contributed by atoms with Crippen LogP contribution in [0.5, 0.6) is 5.75 Å². The summed E-state index contributed by atoms with van der Waals surface area (Å²) < 4.78 is 6.11. The lowest BCUT2D eigenvalue weighted by Gasteiger charge is -2.18. The number of hydrogen-bond acceptors (Lipinski definition) is 3. The molecule has 0 radical (unpaired) electrons. The average Bonchev–Trinajstić information content (AvgIpc) is 2.82. The van der Waals surface area contributed by atoms with Crippen LogP contribution in [0, 0.1) is 0 Å². The molecule has 4 aromatic carbocycles. The zero-order valence-corrected chi connectivity index (χ0v) is 18.3. The van der Waals surface area contributed by atoms with Crippen molar-refractivity contribution in [2.24, 2.45) is 0 Å². The maximum atomic E-state index is 12.8. The van der Waals surface area contributed by atoms with Crippen molar-refractivity contribution in [3.05, 3.63) is 103 Å². The van der Waals surface area contributed by atoms with Crippen molar-refractivity contribution in [1.29, 1.82) is 0 Å². The van der Waals surface area contributed by atoms with Gasteiger partial charge in [0, 0.05) is 21.7 Å². The average molecular weight is 428 g/mol. The van der Waals surface area contributed by atoms with Gasteiger partial charge in [-0.25, -0.2) is 0 Å². The van der Waals surface area contributed by atoms with Crippen LogP contribution in [0.1, 0.15) is 18.9 Å². The number of anilines is 1. The molecule has 1 atom stereocenters. The molecule has 31 heavy (non-hydrogen) atoms. The number of amides is 1. The van der Waals surface area contributed by atoms with E-state index in [0.29, 0.717) is 6.42 Å². The molecule has 0 aliphatic carbocycles. The van der Waals surface area contributed by atoms with Crippen molar-refractivity contribution >= 4 is 34.1 Å². The number of nitrogens with one attached hydrogen (secondary N) is 1. The quantitative estimate of drug-likeness (QED) is 0.310. The highest BCUT2D eigenvalue weighted by molar-refractivity contribution is 7.98. The smallest absolute Gasteiger partial charge is 0.265 e. The molecular weight excluding hydrogens is 402 g/mol. The Morgan fingerprint density at radius 2 is 1.58 bits per heavy atom. The first-order valence-electron chi connectivity index (χ1n) is 10.4. The SMILES string of the molecule is CC[C@H](Oc1cccc2ccccc12)C(=O)Nc1ccc(CSc2ccccc2)cc1. The first-order chi connectivity index (χ1) is 15.2. The monoisotopic (exact) mass is 427 g/mol. The first-order valence-corrected chi connectivity index (χ1v) is 11.4. The van der Waals surface area contributed by atoms with Gasteiger partial charge in [0.15, 0.2) is 6.10 Å². The van der Waals surface area contributed by atoms with Crippen LogP contribution in [0.15, 0.2) is 102 Å². The van der Waals surface area contributed by atoms with Gasteiger partial charge >= 0.3 is 0 Å². The maximum absolute atomic E-state index is 12.8. The molecule has 3 nitrogen and oxygen atoms in total. The molecule has 0 fully saturated rings. The summed E-state index contributed by atoms with van der Waals surface area (Å²) in [4.78, 5) is 14.1. The summed E-state index contributed by atoms with van der Waals surface area (Å²) in [6.45, 7) is 1.96. The number of thioether (sulfide) groups is 1. The van der Waals surface area contributed by atoms with Gasteiger partial charge in [0.05, 0.1) is 0 Å². The van der Waals surface area contributed by atoms with E-state index in [9.17, 15) is 4.79 Å². The largest absolute Gasteiger partial charge is 0.480 e. The highest BCUT2D eigenvalue weighted by atomic mass is 32.2. The highest BCUT2D eigenvalue weighted by Gasteiger charge is 2.19. The zero-order valence-electron chi connectivity index (χ0n) is 17.5. The van der Waals surface area contributed by atoms with Gasteiger partial charge in [-0.05, 0) is 47.7 Å². The third-order valence-corrected chi connectivity index (χ3v) is 6.14. The van der Waals surface area contributed by atoms with Crippen LogP contribution in [-0.2, 0) is 10.5 Å². The number of rotatable bonds is 8. The van der Waals surface area contributed by atoms with E-state index < -0.39 is 6.10 Å². The Morgan fingerprint density at radius 3 is 2.35 bits per heavy atom. The van der Waals surface area contributed by atoms with E-state index in [1.807, 2.05) is 79.7 Å². The Bertz CT molecular complexity index is 1140. The third-order valence-electron chi connectivity index (χ3n) is 5.05. The molecule has 4 heteroatoms. The number of ether oxygens (including phenoxy) is 1. The van der Waals surface area contributed by atoms with Crippen molar-refractivity contribution < 1.29 is 9.53 Å². The molecule has 156 valence electrons. The molecule has 1 amide bonds. The van der Waals surface area contributed by atoms with E-state index in [-0.39, 0.29) is 5.91 Å². The molecule has 4 rings (SSSR count). The van der Waals surface area contributed by atoms with Gasteiger partial charge in [0.1, 0.15) is 5.75 Å². The fourth-order valence-electron chi connectivity index (χ4n) is 3.36. The van der Waals surface area contributed by atoms with Gasteiger partial charge in [-0.15, -0.1) is 11.8 Å². The Hall–Kier alpha value is -3.24. The van der Waals surface area contributed by atoms with Gasteiger partial charge in [0.25, 0.3) is 5.91 Å². The van der Waals surface area contributed by atoms with Crippen LogP contribution in [-0.4, -0.2) is 12.0 Å². The van der Waals surface area contributed by atoms with Gasteiger partial charge in [0.2, 0.25) is 0 Å². The molecular formula is C27H25NO2S. The standard InChI is InChI=1S/C27H25NO2S/c1-2-25(30-26-14-8-10-21-9-6-7-13-24(21)26)27(29)28-22-17-15-20(16-18-22)19-31-23-11-4-3-5-12-23/h3-18,25H,2,19H2,1H3,(H,28,29)/t25-/m0/s1. The molecule has 1 N–H and O–H groups in total. The summed E-state index contributed by atoms with van der Waals surface area (Å²) in [6, 6.07) is 32.3. The summed E-state index contributed by atoms with van der Waals surface area (Å²) in [7, 11) is 0. The van der Waals surface area contributed by atoms with Crippen LogP contribution in [0.25, 0.3) is 10.8 Å². The third kappa shape index (κ3) is 5.47. The molecule has 0 aromatic heterocycles. The molecule has 0 unspecified atom stereocenters. The second-order valence-electron chi connectivity index (χ2n) is 7.28. The van der Waals surface area contributed by atoms with Crippen LogP contribution in [0.4, 0.5) is 5.69 Å². The summed E-state index contributed by atoms with van der Waals surface area (Å²) in [5.74, 6) is 1.48. The molecule has 0 heterocycles. The van der Waals surface area contributed by atoms with E-state index in [1.54, 1.807) is 11.8 Å². The van der Waals surface area contributed by atoms with Crippen LogP contribution < -0.4 is 10.1 Å². The molecule has 0 aliphatic rings. The van der Waals surface area contributed by atoms with Crippen LogP contribution in [0.3, 0.4) is 0 Å². The van der Waals surface area contributed by atoms with Crippen LogP contribution in [0.2, 0.25) is 0 Å². The van der Waals surface area contributed by atoms with E-state index in [1.165, 1.54) is 10.5 Å². The number of fused-ring (bicyclic) bond motifs is 1. The summed E-state index contributed by atoms with van der Waals surface area (Å²) in [5, 5.41) is 5.10. The lowest BCUT2D eigenvalue weighted by molar-refractivity contribution is -0.122. The lowest BCUT2D eigenvalue weighted by atomic mass is 10.1. The first kappa shape index (κ1) is 21.0. The van der Waals surface area contributed by atoms with Crippen molar-refractivity contribution in [2.75, 3.05) is 5.32 Å². The van der Waals surface area contributed by atoms with Gasteiger partial charge in [-0.1, -0.05) is 73.7 Å². The van der Waals surface area contributed by atoms with E-state index in [2.05, 4.69) is 29.6 Å². The summed E-state index contributed by atoms with van der Waals surface area (Å²) >= 11 is 1.80. The minimum absolute atomic E-state index is 0.137. The van der Waals surface area contributed by atoms with E-state index >= 15 is 0 Å². The van der Waals surface area contributed by atoms with Gasteiger partial charge in [-0.3, -0.25) is 4.79 Å². The lowest BCUT2D eigenvalue weighted by Crippen LogP contribution is -2.32. The zero-order chi connectivity index (χ0) is 21.5. The maximum Gasteiger partial charge on any atom is 0.265 e. The fraction of sp³-hybridized carbons (Fsp3) is 0.148. The van der Waals surface area contributed by atoms with Crippen molar-refractivity contribution in [3.63, 3.8) is 0 Å². The van der Waals surface area contributed by atoms with Crippen molar-refractivity contribution in [3.8, 4) is 5.75 Å². The molecule has 0 saturated heterocycles. The Morgan fingerprint density at radius 1 is 0.871 bits per heavy atom. The van der Waals surface area contributed by atoms with Gasteiger partial charge < -0.3 is 10.1 Å². The molecule has 0 saturated carbocycles. The number of hydrogen-bond donors (Lipinski definition) is 1. The normalized spacial score (nSPS) is 11.8.